The predicted molar refractivity (Wildman–Crippen MR) is 169 cm³/mol. The van der Waals surface area contributed by atoms with Crippen LogP contribution in [0.4, 0.5) is 18.9 Å². The van der Waals surface area contributed by atoms with Crippen molar-refractivity contribution in [3.05, 3.63) is 47.5 Å². The zero-order valence-corrected chi connectivity index (χ0v) is 27.5. The van der Waals surface area contributed by atoms with Gasteiger partial charge in [0.15, 0.2) is 0 Å². The number of nitrogens with one attached hydrogen (secondary N) is 3. The van der Waals surface area contributed by atoms with Crippen LogP contribution in [0.2, 0.25) is 0 Å². The van der Waals surface area contributed by atoms with E-state index in [1.807, 2.05) is 6.92 Å². The van der Waals surface area contributed by atoms with Crippen LogP contribution in [0.3, 0.4) is 0 Å². The normalized spacial score (nSPS) is 23.1. The number of aromatic nitrogens is 2. The van der Waals surface area contributed by atoms with Gasteiger partial charge in [0.05, 0.1) is 5.69 Å². The fraction of sp³-hybridized carbons (Fsp3) is 0.618. The van der Waals surface area contributed by atoms with Gasteiger partial charge >= 0.3 is 0 Å². The van der Waals surface area contributed by atoms with Crippen LogP contribution in [-0.2, 0) is 20.9 Å². The molecule has 0 unspecified atom stereocenters. The summed E-state index contributed by atoms with van der Waals surface area (Å²) < 4.78 is 44.2. The minimum absolute atomic E-state index is 0.0796. The number of amides is 4. The van der Waals surface area contributed by atoms with Crippen LogP contribution in [0.15, 0.2) is 30.5 Å². The summed E-state index contributed by atoms with van der Waals surface area (Å²) in [6.45, 7) is 8.23. The molecule has 2 aliphatic carbocycles. The zero-order valence-electron chi connectivity index (χ0n) is 27.5. The van der Waals surface area contributed by atoms with Crippen LogP contribution in [-0.4, -0.2) is 69.4 Å². The molecule has 3 fully saturated rings. The molecule has 2 aromatic rings. The summed E-state index contributed by atoms with van der Waals surface area (Å²) in [6.07, 6.45) is 4.46. The predicted octanol–water partition coefficient (Wildman–Crippen LogP) is 4.86. The molecule has 0 bridgehead atoms. The summed E-state index contributed by atoms with van der Waals surface area (Å²) in [6, 6.07) is 3.88. The number of carbonyl (C=O) groups excluding carboxylic acids is 4. The number of nitrogens with zero attached hydrogens (tertiary/aromatic N) is 3. The second-order valence-corrected chi connectivity index (χ2v) is 13.8. The smallest absolute Gasteiger partial charge is 0.270 e. The Kier molecular flexibility index (Phi) is 10.0. The van der Waals surface area contributed by atoms with Gasteiger partial charge in [-0.15, -0.1) is 0 Å². The van der Waals surface area contributed by atoms with Gasteiger partial charge in [-0.25, -0.2) is 13.2 Å². The first-order chi connectivity index (χ1) is 22.2. The molecule has 10 nitrogen and oxygen atoms in total. The number of halogens is 3. The molecule has 5 rings (SSSR count). The maximum Gasteiger partial charge on any atom is 0.270 e. The van der Waals surface area contributed by atoms with E-state index in [2.05, 4.69) is 28.0 Å². The minimum Gasteiger partial charge on any atom is -0.344 e. The number of rotatable bonds is 11. The monoisotopic (exact) mass is 658 g/mol. The van der Waals surface area contributed by atoms with Gasteiger partial charge in [0.2, 0.25) is 23.6 Å². The first-order valence-electron chi connectivity index (χ1n) is 16.6. The molecule has 256 valence electrons. The Bertz CT molecular complexity index is 1490. The molecule has 13 heteroatoms. The molecule has 2 heterocycles. The standard InChI is InChI=1S/C34H45F3N6O4/c1-5-27(44)40-28(32(47)42-18-33(19-42)16-34(36,37)17-33)21(4)23-11-12-25(24(35)15-23)39-31(46)29(22-9-7-20(3)8-10-22)41-30(45)26-13-14-38-43(26)6-2/h11-15,20-22,28-29H,5-10,16-19H2,1-4H3,(H,39,46)(H,40,44)(H,41,45)/t20-,21-,22-,28+,29-/m0/s1. The second kappa shape index (κ2) is 13.7. The Balaban J connectivity index is 1.30. The third-order valence-corrected chi connectivity index (χ3v) is 10.2. The minimum atomic E-state index is -2.70. The quantitative estimate of drug-likeness (QED) is 0.318. The summed E-state index contributed by atoms with van der Waals surface area (Å²) in [4.78, 5) is 54.2. The Morgan fingerprint density at radius 3 is 2.30 bits per heavy atom. The van der Waals surface area contributed by atoms with E-state index < -0.39 is 52.9 Å². The van der Waals surface area contributed by atoms with Crippen molar-refractivity contribution in [2.24, 2.45) is 17.3 Å². The van der Waals surface area contributed by atoms with Crippen molar-refractivity contribution in [3.63, 3.8) is 0 Å². The van der Waals surface area contributed by atoms with Gasteiger partial charge in [-0.2, -0.15) is 5.10 Å². The van der Waals surface area contributed by atoms with Crippen molar-refractivity contribution in [2.75, 3.05) is 18.4 Å². The summed E-state index contributed by atoms with van der Waals surface area (Å²) in [7, 11) is 0. The number of benzene rings is 1. The Morgan fingerprint density at radius 1 is 1.02 bits per heavy atom. The van der Waals surface area contributed by atoms with Crippen molar-refractivity contribution >= 4 is 29.3 Å². The highest BCUT2D eigenvalue weighted by Gasteiger charge is 2.63. The van der Waals surface area contributed by atoms with Crippen molar-refractivity contribution in [1.29, 1.82) is 0 Å². The van der Waals surface area contributed by atoms with Gasteiger partial charge in [-0.1, -0.05) is 39.7 Å². The molecule has 47 heavy (non-hydrogen) atoms. The highest BCUT2D eigenvalue weighted by Crippen LogP contribution is 2.56. The van der Waals surface area contributed by atoms with Crippen molar-refractivity contribution < 1.29 is 32.3 Å². The first-order valence-corrected chi connectivity index (χ1v) is 16.6. The topological polar surface area (TPSA) is 125 Å². The molecule has 1 aromatic heterocycles. The lowest BCUT2D eigenvalue weighted by Crippen LogP contribution is -2.69. The van der Waals surface area contributed by atoms with Crippen LogP contribution in [0.5, 0.6) is 0 Å². The molecule has 3 aliphatic rings. The SMILES string of the molecule is CCC(=O)N[C@@H](C(=O)N1CC2(C1)CC(F)(F)C2)[C@@H](C)c1ccc(NC(=O)[C@@H](NC(=O)c2ccnn2CC)[C@H]2CC[C@H](C)CC2)c(F)c1. The molecule has 3 atom stereocenters. The molecule has 1 aliphatic heterocycles. The lowest BCUT2D eigenvalue weighted by atomic mass is 9.61. The summed E-state index contributed by atoms with van der Waals surface area (Å²) in [5, 5.41) is 12.4. The average molecular weight is 659 g/mol. The maximum atomic E-state index is 15.6. The molecule has 1 aromatic carbocycles. The number of likely N-dealkylation sites (tertiary alicyclic amines) is 1. The Morgan fingerprint density at radius 2 is 1.70 bits per heavy atom. The number of alkyl halides is 2. The number of hydrogen-bond donors (Lipinski definition) is 3. The Hall–Kier alpha value is -3.90. The number of hydrogen-bond acceptors (Lipinski definition) is 5. The van der Waals surface area contributed by atoms with Crippen LogP contribution in [0.1, 0.15) is 94.6 Å². The van der Waals surface area contributed by atoms with E-state index in [4.69, 9.17) is 0 Å². The number of aryl methyl sites for hydroxylation is 1. The van der Waals surface area contributed by atoms with Crippen molar-refractivity contribution in [2.45, 2.75) is 103 Å². The van der Waals surface area contributed by atoms with E-state index in [1.54, 1.807) is 30.7 Å². The highest BCUT2D eigenvalue weighted by molar-refractivity contribution is 6.00. The molecule has 1 saturated heterocycles. The lowest BCUT2D eigenvalue weighted by Gasteiger charge is -2.59. The summed E-state index contributed by atoms with van der Waals surface area (Å²) in [5.74, 6) is -5.43. The Labute approximate surface area is 273 Å². The average Bonchev–Trinajstić information content (AvgIpc) is 3.50. The molecule has 0 radical (unpaired) electrons. The number of carbonyl (C=O) groups is 4. The molecular formula is C34H45F3N6O4. The highest BCUT2D eigenvalue weighted by atomic mass is 19.3. The van der Waals surface area contributed by atoms with Gasteiger partial charge in [0.25, 0.3) is 5.91 Å². The molecule has 4 amide bonds. The van der Waals surface area contributed by atoms with E-state index in [9.17, 15) is 28.0 Å². The first kappa shape index (κ1) is 34.4. The second-order valence-electron chi connectivity index (χ2n) is 13.8. The van der Waals surface area contributed by atoms with Crippen molar-refractivity contribution in [1.82, 2.24) is 25.3 Å². The fourth-order valence-electron chi connectivity index (χ4n) is 7.39. The summed E-state index contributed by atoms with van der Waals surface area (Å²) >= 11 is 0. The van der Waals surface area contributed by atoms with E-state index >= 15 is 4.39 Å². The van der Waals surface area contributed by atoms with Gasteiger partial charge in [0, 0.05) is 56.4 Å². The van der Waals surface area contributed by atoms with Gasteiger partial charge < -0.3 is 20.9 Å². The van der Waals surface area contributed by atoms with Crippen LogP contribution >= 0.6 is 0 Å². The van der Waals surface area contributed by atoms with Crippen LogP contribution in [0, 0.1) is 23.1 Å². The lowest BCUT2D eigenvalue weighted by molar-refractivity contribution is -0.215. The van der Waals surface area contributed by atoms with Gasteiger partial charge in [-0.05, 0) is 55.4 Å². The third-order valence-electron chi connectivity index (χ3n) is 10.2. The zero-order chi connectivity index (χ0) is 34.1. The van der Waals surface area contributed by atoms with Gasteiger partial charge in [-0.3, -0.25) is 23.9 Å². The molecule has 3 N–H and O–H groups in total. The van der Waals surface area contributed by atoms with Gasteiger partial charge in [0.1, 0.15) is 23.6 Å². The van der Waals surface area contributed by atoms with Crippen LogP contribution < -0.4 is 16.0 Å². The summed E-state index contributed by atoms with van der Waals surface area (Å²) in [5.41, 5.74) is 0.0962. The van der Waals surface area contributed by atoms with E-state index in [-0.39, 0.29) is 49.9 Å². The van der Waals surface area contributed by atoms with Crippen molar-refractivity contribution in [3.8, 4) is 0 Å². The van der Waals surface area contributed by atoms with E-state index in [1.165, 1.54) is 23.2 Å². The van der Waals surface area contributed by atoms with Crippen LogP contribution in [0.25, 0.3) is 0 Å². The molecule has 1 spiro atoms. The van der Waals surface area contributed by atoms with E-state index in [0.29, 0.717) is 23.7 Å². The molecular weight excluding hydrogens is 613 g/mol. The number of anilines is 1. The maximum absolute atomic E-state index is 15.6. The third kappa shape index (κ3) is 7.49. The largest absolute Gasteiger partial charge is 0.344 e. The molecule has 2 saturated carbocycles. The fourth-order valence-corrected chi connectivity index (χ4v) is 7.39. The van der Waals surface area contributed by atoms with E-state index in [0.717, 1.165) is 25.7 Å².